The maximum absolute atomic E-state index is 8.07. The van der Waals surface area contributed by atoms with Crippen LogP contribution in [0.4, 0.5) is 0 Å². The third-order valence-corrected chi connectivity index (χ3v) is 5.55. The highest BCUT2D eigenvalue weighted by Crippen LogP contribution is 2.21. The number of hydrogen-bond acceptors (Lipinski definition) is 3. The largest absolute Gasteiger partial charge is 0.436 e. The zero-order chi connectivity index (χ0) is 22.6. The van der Waals surface area contributed by atoms with Crippen LogP contribution < -0.4 is 20.8 Å². The summed E-state index contributed by atoms with van der Waals surface area (Å²) >= 11 is 0. The van der Waals surface area contributed by atoms with Gasteiger partial charge in [0.25, 0.3) is 0 Å². The molecule has 0 fully saturated rings. The van der Waals surface area contributed by atoms with Crippen LogP contribution in [0.25, 0.3) is 34.4 Å². The van der Waals surface area contributed by atoms with E-state index in [0.29, 0.717) is 11.3 Å². The van der Waals surface area contributed by atoms with Gasteiger partial charge in [-0.1, -0.05) is 36.3 Å². The minimum atomic E-state index is -2.22. The molecule has 142 valence electrons. The minimum Gasteiger partial charge on any atom is -0.436 e. The average molecular weight is 383 g/mol. The van der Waals surface area contributed by atoms with Crippen molar-refractivity contribution in [2.45, 2.75) is 13.8 Å². The molecule has 0 saturated heterocycles. The predicted molar refractivity (Wildman–Crippen MR) is 118 cm³/mol. The number of rotatable bonds is 2. The van der Waals surface area contributed by atoms with Gasteiger partial charge in [-0.25, -0.2) is 9.55 Å². The van der Waals surface area contributed by atoms with E-state index in [1.807, 2.05) is 80.3 Å². The van der Waals surface area contributed by atoms with Crippen molar-refractivity contribution in [3.63, 3.8) is 0 Å². The molecule has 1 aliphatic heterocycles. The lowest BCUT2D eigenvalue weighted by Gasteiger charge is -2.21. The monoisotopic (exact) mass is 383 g/mol. The van der Waals surface area contributed by atoms with Gasteiger partial charge in [0.05, 0.1) is 0 Å². The zero-order valence-electron chi connectivity index (χ0n) is 19.7. The number of benzene rings is 1. The third kappa shape index (κ3) is 2.94. The van der Waals surface area contributed by atoms with Gasteiger partial charge in [-0.15, -0.1) is 0 Å². The molecule has 4 nitrogen and oxygen atoms in total. The number of pyridine rings is 2. The molecule has 0 atom stereocenters. The molecule has 0 radical (unpaired) electrons. The van der Waals surface area contributed by atoms with E-state index in [9.17, 15) is 0 Å². The normalized spacial score (nSPS) is 15.2. The van der Waals surface area contributed by atoms with Crippen LogP contribution in [0.2, 0.25) is 0 Å². The fourth-order valence-electron chi connectivity index (χ4n) is 4.03. The molecule has 5 heteroatoms. The molecule has 29 heavy (non-hydrogen) atoms. The van der Waals surface area contributed by atoms with Gasteiger partial charge in [-0.05, 0) is 44.1 Å². The van der Waals surface area contributed by atoms with Crippen molar-refractivity contribution in [1.82, 2.24) is 9.79 Å². The van der Waals surface area contributed by atoms with Crippen molar-refractivity contribution < 1.29 is 13.1 Å². The Kier molecular flexibility index (Phi) is 3.34. The average Bonchev–Trinajstić information content (AvgIpc) is 3.09. The lowest BCUT2D eigenvalue weighted by Crippen LogP contribution is -2.61. The molecule has 0 aliphatic carbocycles. The van der Waals surface area contributed by atoms with Gasteiger partial charge in [-0.3, -0.25) is 0 Å². The predicted octanol–water partition coefficient (Wildman–Crippen LogP) is 1.84. The van der Waals surface area contributed by atoms with Gasteiger partial charge in [0.15, 0.2) is 17.2 Å². The Morgan fingerprint density at radius 2 is 2.00 bits per heavy atom. The molecule has 4 heterocycles. The Hall–Kier alpha value is -3.34. The van der Waals surface area contributed by atoms with Crippen LogP contribution in [0, 0.1) is 13.8 Å². The molecule has 0 bridgehead atoms. The molecule has 0 spiro atoms. The Morgan fingerprint density at radius 3 is 2.79 bits per heavy atom. The van der Waals surface area contributed by atoms with Gasteiger partial charge in [0, 0.05) is 38.2 Å². The molecular formula is C24H23BN3O+. The first-order valence-electron chi connectivity index (χ1n) is 11.1. The van der Waals surface area contributed by atoms with Crippen molar-refractivity contribution in [1.29, 1.82) is 0 Å². The standard InChI is InChI=1S/C24H23BN3O/c1-16-14-27(3)23(12-20(16)18-8-6-5-7-9-18)25-13-21-19-11-10-17(2)26-24(19)29-22(21)15-28(25)4/h5-15H,1-4H3/q+1/i1D3. The number of aryl methyl sites for hydroxylation is 3. The minimum absolute atomic E-state index is 0.0947. The summed E-state index contributed by atoms with van der Waals surface area (Å²) in [4.78, 5) is 6.60. The number of fused-ring (bicyclic) bond motifs is 3. The van der Waals surface area contributed by atoms with Crippen LogP contribution in [0.5, 0.6) is 0 Å². The van der Waals surface area contributed by atoms with E-state index in [1.54, 1.807) is 6.20 Å². The molecule has 0 N–H and O–H groups in total. The summed E-state index contributed by atoms with van der Waals surface area (Å²) in [6, 6.07) is 15.7. The third-order valence-electron chi connectivity index (χ3n) is 5.55. The van der Waals surface area contributed by atoms with Gasteiger partial charge in [0.1, 0.15) is 7.05 Å². The van der Waals surface area contributed by atoms with E-state index in [0.717, 1.165) is 38.4 Å². The summed E-state index contributed by atoms with van der Waals surface area (Å²) in [6.45, 7) is -0.364. The first kappa shape index (κ1) is 14.6. The second kappa shape index (κ2) is 6.62. The van der Waals surface area contributed by atoms with Crippen LogP contribution in [0.3, 0.4) is 0 Å². The van der Waals surface area contributed by atoms with E-state index < -0.39 is 6.85 Å². The summed E-state index contributed by atoms with van der Waals surface area (Å²) in [5.74, 6) is 2.16. The SMILES string of the molecule is [2H]C([2H])([2H])c1c[n+](C)c(B2C=c3c(oc4nc(C)ccc34)=CN2C)cc1-c1ccccc1. The van der Waals surface area contributed by atoms with Gasteiger partial charge < -0.3 is 9.23 Å². The van der Waals surface area contributed by atoms with Crippen LogP contribution in [0.15, 0.2) is 59.1 Å². The molecular weight excluding hydrogens is 357 g/mol. The number of furan rings is 1. The van der Waals surface area contributed by atoms with E-state index >= 15 is 0 Å². The van der Waals surface area contributed by atoms with Crippen LogP contribution in [-0.4, -0.2) is 23.7 Å². The second-order valence-corrected chi connectivity index (χ2v) is 7.59. The van der Waals surface area contributed by atoms with Crippen molar-refractivity contribution in [3.8, 4) is 11.1 Å². The van der Waals surface area contributed by atoms with E-state index in [1.165, 1.54) is 0 Å². The molecule has 4 aromatic rings. The van der Waals surface area contributed by atoms with Gasteiger partial charge in [-0.2, -0.15) is 0 Å². The van der Waals surface area contributed by atoms with E-state index in [2.05, 4.69) is 15.8 Å². The first-order chi connectivity index (χ1) is 15.2. The second-order valence-electron chi connectivity index (χ2n) is 7.59. The van der Waals surface area contributed by atoms with Gasteiger partial charge >= 0.3 is 6.85 Å². The lowest BCUT2D eigenvalue weighted by atomic mass is 9.55. The topological polar surface area (TPSA) is 33.1 Å². The lowest BCUT2D eigenvalue weighted by molar-refractivity contribution is -0.654. The molecule has 1 aliphatic rings. The Labute approximate surface area is 174 Å². The fourth-order valence-corrected chi connectivity index (χ4v) is 4.03. The highest BCUT2D eigenvalue weighted by Gasteiger charge is 2.31. The number of aromatic nitrogens is 2. The number of hydrogen-bond donors (Lipinski definition) is 0. The van der Waals surface area contributed by atoms with E-state index in [-0.39, 0.29) is 6.85 Å². The highest BCUT2D eigenvalue weighted by molar-refractivity contribution is 6.82. The fraction of sp³-hybridized carbons (Fsp3) is 0.167. The summed E-state index contributed by atoms with van der Waals surface area (Å²) in [5, 5.41) is 1.99. The summed E-state index contributed by atoms with van der Waals surface area (Å²) < 4.78 is 32.1. The molecule has 0 saturated carbocycles. The number of nitrogens with zero attached hydrogens (tertiary/aromatic N) is 3. The molecule has 3 aromatic heterocycles. The summed E-state index contributed by atoms with van der Waals surface area (Å²) in [7, 11) is 3.89. The van der Waals surface area contributed by atoms with Crippen molar-refractivity contribution in [2.75, 3.05) is 7.05 Å². The highest BCUT2D eigenvalue weighted by atomic mass is 16.3. The smallest absolute Gasteiger partial charge is 0.396 e. The molecule has 0 unspecified atom stereocenters. The Balaban J connectivity index is 1.73. The molecule has 0 amide bonds. The summed E-state index contributed by atoms with van der Waals surface area (Å²) in [5.41, 5.74) is 5.25. The molecule has 1 aromatic carbocycles. The van der Waals surface area contributed by atoms with Crippen molar-refractivity contribution >= 4 is 35.7 Å². The molecule has 5 rings (SSSR count). The van der Waals surface area contributed by atoms with E-state index in [4.69, 9.17) is 8.53 Å². The zero-order valence-corrected chi connectivity index (χ0v) is 16.7. The Bertz CT molecular complexity index is 1460. The summed E-state index contributed by atoms with van der Waals surface area (Å²) in [6.07, 6.45) is 3.72. The van der Waals surface area contributed by atoms with Crippen LogP contribution in [-0.2, 0) is 7.05 Å². The maximum Gasteiger partial charge on any atom is 0.396 e. The Morgan fingerprint density at radius 1 is 1.17 bits per heavy atom. The quantitative estimate of drug-likeness (QED) is 0.391. The van der Waals surface area contributed by atoms with Crippen molar-refractivity contribution in [2.24, 2.45) is 7.05 Å². The van der Waals surface area contributed by atoms with Crippen LogP contribution >= 0.6 is 0 Å². The van der Waals surface area contributed by atoms with Gasteiger partial charge in [0.2, 0.25) is 5.71 Å². The van der Waals surface area contributed by atoms with Crippen LogP contribution in [0.1, 0.15) is 15.4 Å². The van der Waals surface area contributed by atoms with Crippen molar-refractivity contribution in [3.05, 3.63) is 76.6 Å². The first-order valence-corrected chi connectivity index (χ1v) is 9.63. The maximum atomic E-state index is 8.07.